The van der Waals surface area contributed by atoms with Gasteiger partial charge in [-0.15, -0.1) is 0 Å². The molecule has 0 radical (unpaired) electrons. The van der Waals surface area contributed by atoms with Gasteiger partial charge in [-0.1, -0.05) is 0 Å². The molecular weight excluding hydrogens is 228 g/mol. The highest BCUT2D eigenvalue weighted by Gasteiger charge is 2.07. The molecule has 2 rings (SSSR count). The maximum atomic E-state index is 8.85. The number of anilines is 1. The van der Waals surface area contributed by atoms with Crippen LogP contribution in [0, 0.1) is 18.3 Å². The van der Waals surface area contributed by atoms with Crippen molar-refractivity contribution in [3.05, 3.63) is 35.5 Å². The molecule has 5 nitrogen and oxygen atoms in total. The summed E-state index contributed by atoms with van der Waals surface area (Å²) in [6.07, 6.45) is 0. The van der Waals surface area contributed by atoms with Gasteiger partial charge < -0.3 is 10.5 Å². The summed E-state index contributed by atoms with van der Waals surface area (Å²) in [5, 5.41) is 8.85. The van der Waals surface area contributed by atoms with Gasteiger partial charge in [-0.2, -0.15) is 5.26 Å². The number of aromatic nitrogens is 2. The number of hydrogen-bond donors (Lipinski definition) is 1. The maximum absolute atomic E-state index is 8.85. The van der Waals surface area contributed by atoms with Crippen molar-refractivity contribution >= 4 is 5.82 Å². The molecule has 0 atom stereocenters. The van der Waals surface area contributed by atoms with Crippen LogP contribution in [0.5, 0.6) is 5.75 Å². The van der Waals surface area contributed by atoms with E-state index >= 15 is 0 Å². The summed E-state index contributed by atoms with van der Waals surface area (Å²) < 4.78 is 5.19. The van der Waals surface area contributed by atoms with Gasteiger partial charge in [0, 0.05) is 11.6 Å². The molecule has 5 heteroatoms. The van der Waals surface area contributed by atoms with Crippen LogP contribution in [-0.4, -0.2) is 17.1 Å². The zero-order valence-electron chi connectivity index (χ0n) is 10.1. The number of methoxy groups -OCH3 is 1. The summed E-state index contributed by atoms with van der Waals surface area (Å²) >= 11 is 0. The lowest BCUT2D eigenvalue weighted by Gasteiger charge is -2.07. The van der Waals surface area contributed by atoms with Gasteiger partial charge >= 0.3 is 0 Å². The smallest absolute Gasteiger partial charge is 0.162 e. The van der Waals surface area contributed by atoms with Crippen LogP contribution in [0.1, 0.15) is 11.3 Å². The van der Waals surface area contributed by atoms with Gasteiger partial charge in [-0.05, 0) is 30.7 Å². The van der Waals surface area contributed by atoms with Crippen molar-refractivity contribution in [2.45, 2.75) is 6.92 Å². The molecule has 0 saturated heterocycles. The van der Waals surface area contributed by atoms with Crippen LogP contribution in [0.2, 0.25) is 0 Å². The molecule has 2 N–H and O–H groups in total. The molecule has 0 aliphatic heterocycles. The van der Waals surface area contributed by atoms with Gasteiger partial charge in [0.2, 0.25) is 0 Å². The third-order valence-corrected chi connectivity index (χ3v) is 2.51. The predicted molar refractivity (Wildman–Crippen MR) is 67.9 cm³/mol. The van der Waals surface area contributed by atoms with Gasteiger partial charge in [-0.25, -0.2) is 9.97 Å². The lowest BCUT2D eigenvalue weighted by atomic mass is 10.1. The standard InChI is InChI=1S/C13H12N4O/c1-8-5-9(3-4-11(8)18-2)13-16-10(7-14)6-12(15)17-13/h3-6H,1-2H3,(H2,15,16,17). The Balaban J connectivity index is 2.52. The second-order valence-corrected chi connectivity index (χ2v) is 3.80. The molecule has 0 spiro atoms. The Hall–Kier alpha value is -2.61. The summed E-state index contributed by atoms with van der Waals surface area (Å²) in [5.41, 5.74) is 7.67. The van der Waals surface area contributed by atoms with Crippen molar-refractivity contribution in [2.24, 2.45) is 0 Å². The number of hydrogen-bond acceptors (Lipinski definition) is 5. The van der Waals surface area contributed by atoms with Gasteiger partial charge in [0.05, 0.1) is 7.11 Å². The van der Waals surface area contributed by atoms with E-state index in [1.165, 1.54) is 6.07 Å². The van der Waals surface area contributed by atoms with Crippen molar-refractivity contribution < 1.29 is 4.74 Å². The monoisotopic (exact) mass is 240 g/mol. The van der Waals surface area contributed by atoms with Crippen LogP contribution < -0.4 is 10.5 Å². The highest BCUT2D eigenvalue weighted by Crippen LogP contribution is 2.24. The number of nitrogens with two attached hydrogens (primary N) is 1. The first-order valence-corrected chi connectivity index (χ1v) is 5.33. The lowest BCUT2D eigenvalue weighted by molar-refractivity contribution is 0.412. The van der Waals surface area contributed by atoms with Gasteiger partial charge in [0.15, 0.2) is 5.82 Å². The molecule has 0 amide bonds. The molecule has 0 bridgehead atoms. The molecule has 0 saturated carbocycles. The summed E-state index contributed by atoms with van der Waals surface area (Å²) in [4.78, 5) is 8.25. The fraction of sp³-hybridized carbons (Fsp3) is 0.154. The zero-order valence-corrected chi connectivity index (χ0v) is 10.1. The number of nitrogens with zero attached hydrogens (tertiary/aromatic N) is 3. The van der Waals surface area contributed by atoms with E-state index in [4.69, 9.17) is 15.7 Å². The first-order valence-electron chi connectivity index (χ1n) is 5.33. The number of benzene rings is 1. The third kappa shape index (κ3) is 2.23. The Kier molecular flexibility index (Phi) is 3.11. The van der Waals surface area contributed by atoms with Crippen LogP contribution in [0.25, 0.3) is 11.4 Å². The maximum Gasteiger partial charge on any atom is 0.162 e. The minimum atomic E-state index is 0.256. The Morgan fingerprint density at radius 1 is 1.28 bits per heavy atom. The molecule has 1 aromatic heterocycles. The van der Waals surface area contributed by atoms with Crippen molar-refractivity contribution in [1.82, 2.24) is 9.97 Å². The summed E-state index contributed by atoms with van der Waals surface area (Å²) in [5.74, 6) is 1.52. The summed E-state index contributed by atoms with van der Waals surface area (Å²) in [7, 11) is 1.62. The number of nitriles is 1. The van der Waals surface area contributed by atoms with Crippen LogP contribution in [0.4, 0.5) is 5.82 Å². The summed E-state index contributed by atoms with van der Waals surface area (Å²) in [6.45, 7) is 1.93. The second-order valence-electron chi connectivity index (χ2n) is 3.80. The van der Waals surface area contributed by atoms with Crippen molar-refractivity contribution in [1.29, 1.82) is 5.26 Å². The average molecular weight is 240 g/mol. The van der Waals surface area contributed by atoms with Gasteiger partial charge in [-0.3, -0.25) is 0 Å². The first-order chi connectivity index (χ1) is 8.63. The summed E-state index contributed by atoms with van der Waals surface area (Å²) in [6, 6.07) is 8.97. The Labute approximate surface area is 105 Å². The zero-order chi connectivity index (χ0) is 13.1. The van der Waals surface area contributed by atoms with E-state index in [2.05, 4.69) is 9.97 Å². The topological polar surface area (TPSA) is 84.8 Å². The minimum Gasteiger partial charge on any atom is -0.496 e. The lowest BCUT2D eigenvalue weighted by Crippen LogP contribution is -1.98. The molecule has 90 valence electrons. The number of ether oxygens (including phenoxy) is 1. The van der Waals surface area contributed by atoms with Crippen LogP contribution in [-0.2, 0) is 0 Å². The number of aryl methyl sites for hydroxylation is 1. The Bertz CT molecular complexity index is 631. The van der Waals surface area contributed by atoms with Crippen molar-refractivity contribution in [2.75, 3.05) is 12.8 Å². The van der Waals surface area contributed by atoms with Gasteiger partial charge in [0.1, 0.15) is 23.3 Å². The molecular formula is C13H12N4O. The largest absolute Gasteiger partial charge is 0.496 e. The van der Waals surface area contributed by atoms with E-state index in [0.717, 1.165) is 16.9 Å². The van der Waals surface area contributed by atoms with E-state index in [1.54, 1.807) is 7.11 Å². The van der Waals surface area contributed by atoms with E-state index in [9.17, 15) is 0 Å². The molecule has 0 aliphatic carbocycles. The van der Waals surface area contributed by atoms with Gasteiger partial charge in [0.25, 0.3) is 0 Å². The molecule has 1 aromatic carbocycles. The fourth-order valence-corrected chi connectivity index (χ4v) is 1.67. The van der Waals surface area contributed by atoms with E-state index < -0.39 is 0 Å². The normalized spacial score (nSPS) is 9.83. The molecule has 0 fully saturated rings. The Morgan fingerprint density at radius 2 is 2.06 bits per heavy atom. The molecule has 0 aliphatic rings. The quantitative estimate of drug-likeness (QED) is 0.866. The van der Waals surface area contributed by atoms with E-state index in [0.29, 0.717) is 5.82 Å². The van der Waals surface area contributed by atoms with E-state index in [-0.39, 0.29) is 11.5 Å². The van der Waals surface area contributed by atoms with Crippen LogP contribution >= 0.6 is 0 Å². The third-order valence-electron chi connectivity index (χ3n) is 2.51. The van der Waals surface area contributed by atoms with Crippen molar-refractivity contribution in [3.63, 3.8) is 0 Å². The van der Waals surface area contributed by atoms with Crippen LogP contribution in [0.15, 0.2) is 24.3 Å². The highest BCUT2D eigenvalue weighted by atomic mass is 16.5. The minimum absolute atomic E-state index is 0.256. The fourth-order valence-electron chi connectivity index (χ4n) is 1.67. The molecule has 18 heavy (non-hydrogen) atoms. The number of nitrogen functional groups attached to an aromatic ring is 1. The second kappa shape index (κ2) is 4.72. The first kappa shape index (κ1) is 11.9. The predicted octanol–water partition coefficient (Wildman–Crippen LogP) is 1.91. The van der Waals surface area contributed by atoms with Crippen LogP contribution in [0.3, 0.4) is 0 Å². The van der Waals surface area contributed by atoms with Crippen molar-refractivity contribution in [3.8, 4) is 23.2 Å². The molecule has 1 heterocycles. The average Bonchev–Trinajstić information content (AvgIpc) is 2.37. The Morgan fingerprint density at radius 3 is 2.67 bits per heavy atom. The molecule has 0 unspecified atom stereocenters. The van der Waals surface area contributed by atoms with E-state index in [1.807, 2.05) is 31.2 Å². The highest BCUT2D eigenvalue weighted by molar-refractivity contribution is 5.60. The molecule has 2 aromatic rings. The number of rotatable bonds is 2. The SMILES string of the molecule is COc1ccc(-c2nc(N)cc(C#N)n2)cc1C.